The fourth-order valence-electron chi connectivity index (χ4n) is 5.43. The van der Waals surface area contributed by atoms with Crippen molar-refractivity contribution >= 4 is 31.7 Å². The number of nitriles is 1. The molecule has 10 heteroatoms. The Hall–Kier alpha value is -3.94. The van der Waals surface area contributed by atoms with Crippen LogP contribution in [-0.2, 0) is 21.0 Å². The minimum absolute atomic E-state index is 0.0186. The first-order valence-corrected chi connectivity index (χ1v) is 18.5. The number of aromatic nitrogens is 2. The van der Waals surface area contributed by atoms with E-state index in [1.54, 1.807) is 17.2 Å². The Morgan fingerprint density at radius 1 is 1.16 bits per heavy atom. The van der Waals surface area contributed by atoms with Gasteiger partial charge >= 0.3 is 6.09 Å². The zero-order chi connectivity index (χ0) is 32.8. The van der Waals surface area contributed by atoms with Gasteiger partial charge in [0.15, 0.2) is 8.32 Å². The number of fused-ring (bicyclic) bond motifs is 2. The molecule has 0 bridgehead atoms. The Labute approximate surface area is 268 Å². The van der Waals surface area contributed by atoms with Crippen molar-refractivity contribution in [1.29, 1.82) is 5.26 Å². The van der Waals surface area contributed by atoms with Crippen LogP contribution in [0.3, 0.4) is 0 Å². The van der Waals surface area contributed by atoms with Crippen LogP contribution in [0, 0.1) is 11.3 Å². The van der Waals surface area contributed by atoms with E-state index in [1.165, 1.54) is 0 Å². The molecule has 1 N–H and O–H groups in total. The summed E-state index contributed by atoms with van der Waals surface area (Å²) in [5, 5.41) is 13.7. The van der Waals surface area contributed by atoms with Gasteiger partial charge in [0.1, 0.15) is 17.4 Å². The summed E-state index contributed by atoms with van der Waals surface area (Å²) in [7, 11) is -2.12. The Morgan fingerprint density at radius 3 is 2.60 bits per heavy atom. The molecule has 0 saturated carbocycles. The van der Waals surface area contributed by atoms with E-state index in [1.807, 2.05) is 45.0 Å². The number of rotatable bonds is 6. The first-order chi connectivity index (χ1) is 21.0. The van der Waals surface area contributed by atoms with Crippen molar-refractivity contribution in [2.24, 2.45) is 0 Å². The molecule has 1 unspecified atom stereocenters. The summed E-state index contributed by atoms with van der Waals surface area (Å²) in [6.45, 7) is 20.2. The number of hydrogen-bond acceptors (Lipinski definition) is 8. The third-order valence-corrected chi connectivity index (χ3v) is 13.4. The van der Waals surface area contributed by atoms with E-state index >= 15 is 0 Å². The summed E-state index contributed by atoms with van der Waals surface area (Å²) in [5.74, 6) is 1.37. The maximum Gasteiger partial charge on any atom is 0.414 e. The van der Waals surface area contributed by atoms with E-state index in [0.29, 0.717) is 36.0 Å². The number of hydrogen-bond donors (Lipinski definition) is 1. The smallest absolute Gasteiger partial charge is 0.414 e. The molecule has 9 nitrogen and oxygen atoms in total. The van der Waals surface area contributed by atoms with Gasteiger partial charge in [0.25, 0.3) is 0 Å². The molecule has 2 aliphatic rings. The molecule has 3 aromatic rings. The van der Waals surface area contributed by atoms with Gasteiger partial charge in [0, 0.05) is 36.0 Å². The summed E-state index contributed by atoms with van der Waals surface area (Å²) in [6.07, 6.45) is 3.19. The van der Waals surface area contributed by atoms with Crippen molar-refractivity contribution in [2.45, 2.75) is 90.5 Å². The van der Waals surface area contributed by atoms with Crippen molar-refractivity contribution in [3.8, 4) is 23.1 Å². The van der Waals surface area contributed by atoms with Gasteiger partial charge in [-0.25, -0.2) is 14.8 Å². The molecular weight excluding hydrogens is 583 g/mol. The summed E-state index contributed by atoms with van der Waals surface area (Å²) in [4.78, 5) is 24.4. The highest BCUT2D eigenvalue weighted by molar-refractivity contribution is 6.74. The zero-order valence-corrected chi connectivity index (χ0v) is 29.0. The maximum atomic E-state index is 13.5. The largest absolute Gasteiger partial charge is 0.493 e. The molecule has 5 rings (SSSR count). The second-order valence-corrected chi connectivity index (χ2v) is 19.7. The molecule has 45 heavy (non-hydrogen) atoms. The predicted octanol–water partition coefficient (Wildman–Crippen LogP) is 8.12. The summed E-state index contributed by atoms with van der Waals surface area (Å²) >= 11 is 0. The molecule has 2 aromatic carbocycles. The summed E-state index contributed by atoms with van der Waals surface area (Å²) in [5.41, 5.74) is 4.02. The topological polar surface area (TPSA) is 110 Å². The molecule has 2 aliphatic heterocycles. The Kier molecular flexibility index (Phi) is 8.49. The molecule has 1 atom stereocenters. The highest BCUT2D eigenvalue weighted by Crippen LogP contribution is 2.47. The number of nitrogens with one attached hydrogen (secondary N) is 1. The number of ether oxygens (including phenoxy) is 2. The SMILES string of the molecule is CC(C)(C)OC(=O)N1CC(C)(CO[Si](C)(C)C(C)(C)C)c2cc(-c3ccnc(Nc4ccc5c(c4)CCCO5)n3)cc(C#N)c21. The molecule has 0 saturated heterocycles. The third-order valence-electron chi connectivity index (χ3n) is 8.95. The van der Waals surface area contributed by atoms with Crippen LogP contribution in [0.25, 0.3) is 11.3 Å². The summed E-state index contributed by atoms with van der Waals surface area (Å²) in [6, 6.07) is 14.0. The lowest BCUT2D eigenvalue weighted by atomic mass is 9.83. The Balaban J connectivity index is 1.53. The quantitative estimate of drug-likeness (QED) is 0.273. The molecule has 3 heterocycles. The second-order valence-electron chi connectivity index (χ2n) is 14.9. The number of anilines is 3. The maximum absolute atomic E-state index is 13.5. The van der Waals surface area contributed by atoms with Crippen LogP contribution in [0.5, 0.6) is 5.75 Å². The van der Waals surface area contributed by atoms with E-state index in [2.05, 4.69) is 63.2 Å². The minimum atomic E-state index is -2.12. The number of aryl methyl sites for hydroxylation is 1. The average Bonchev–Trinajstić information content (AvgIpc) is 3.27. The van der Waals surface area contributed by atoms with E-state index < -0.39 is 25.4 Å². The first kappa shape index (κ1) is 32.5. The van der Waals surface area contributed by atoms with Gasteiger partial charge in [-0.1, -0.05) is 27.7 Å². The average molecular weight is 628 g/mol. The Morgan fingerprint density at radius 2 is 1.91 bits per heavy atom. The van der Waals surface area contributed by atoms with Crippen LogP contribution in [0.15, 0.2) is 42.6 Å². The molecule has 1 aromatic heterocycles. The summed E-state index contributed by atoms with van der Waals surface area (Å²) < 4.78 is 18.3. The minimum Gasteiger partial charge on any atom is -0.493 e. The van der Waals surface area contributed by atoms with E-state index in [9.17, 15) is 10.1 Å². The standard InChI is InChI=1S/C35H45N5O4Si/c1-33(2,3)44-32(41)40-21-35(7,22-43-45(8,9)34(4,5)6)27-19-24(17-25(20-36)30(27)40)28-14-15-37-31(39-28)38-26-12-13-29-23(18-26)11-10-16-42-29/h12-15,17-19H,10-11,16,21-22H2,1-9H3,(H,37,38,39). The third kappa shape index (κ3) is 6.85. The number of carbonyl (C=O) groups excluding carboxylic acids is 1. The van der Waals surface area contributed by atoms with Gasteiger partial charge in [0.05, 0.1) is 23.6 Å². The van der Waals surface area contributed by atoms with E-state index in [4.69, 9.17) is 18.9 Å². The van der Waals surface area contributed by atoms with Crippen molar-refractivity contribution in [1.82, 2.24) is 9.97 Å². The van der Waals surface area contributed by atoms with Gasteiger partial charge < -0.3 is 19.2 Å². The van der Waals surface area contributed by atoms with Crippen LogP contribution < -0.4 is 15.0 Å². The zero-order valence-electron chi connectivity index (χ0n) is 28.0. The number of nitrogens with zero attached hydrogens (tertiary/aromatic N) is 4. The van der Waals surface area contributed by atoms with Crippen LogP contribution >= 0.6 is 0 Å². The molecule has 0 radical (unpaired) electrons. The number of carbonyl (C=O) groups is 1. The number of amides is 1. The van der Waals surface area contributed by atoms with Crippen LogP contribution in [0.1, 0.15) is 71.6 Å². The van der Waals surface area contributed by atoms with E-state index in [-0.39, 0.29) is 5.04 Å². The lowest BCUT2D eigenvalue weighted by molar-refractivity contribution is 0.0575. The normalized spacial score (nSPS) is 18.0. The highest BCUT2D eigenvalue weighted by Gasteiger charge is 2.47. The lowest BCUT2D eigenvalue weighted by Gasteiger charge is -2.39. The van der Waals surface area contributed by atoms with Gasteiger partial charge in [-0.05, 0) is 99.3 Å². The Bertz CT molecular complexity index is 1650. The van der Waals surface area contributed by atoms with Crippen LogP contribution in [0.2, 0.25) is 18.1 Å². The van der Waals surface area contributed by atoms with Gasteiger partial charge in [0.2, 0.25) is 5.95 Å². The monoisotopic (exact) mass is 627 g/mol. The van der Waals surface area contributed by atoms with Crippen molar-refractivity contribution < 1.29 is 18.7 Å². The van der Waals surface area contributed by atoms with Crippen molar-refractivity contribution in [3.05, 3.63) is 59.3 Å². The van der Waals surface area contributed by atoms with E-state index in [0.717, 1.165) is 47.6 Å². The molecule has 1 amide bonds. The second kappa shape index (κ2) is 11.8. The highest BCUT2D eigenvalue weighted by atomic mass is 28.4. The van der Waals surface area contributed by atoms with Crippen molar-refractivity contribution in [2.75, 3.05) is 30.0 Å². The molecule has 0 aliphatic carbocycles. The van der Waals surface area contributed by atoms with Crippen LogP contribution in [0.4, 0.5) is 22.1 Å². The number of benzene rings is 2. The molecule has 0 spiro atoms. The first-order valence-electron chi connectivity index (χ1n) is 15.6. The van der Waals surface area contributed by atoms with Crippen molar-refractivity contribution in [3.63, 3.8) is 0 Å². The molecular formula is C35H45N5O4Si. The van der Waals surface area contributed by atoms with Gasteiger partial charge in [-0.2, -0.15) is 5.26 Å². The van der Waals surface area contributed by atoms with Crippen LogP contribution in [-0.4, -0.2) is 49.7 Å². The fourth-order valence-corrected chi connectivity index (χ4v) is 6.54. The predicted molar refractivity (Wildman–Crippen MR) is 180 cm³/mol. The molecule has 0 fully saturated rings. The lowest BCUT2D eigenvalue weighted by Crippen LogP contribution is -2.46. The molecule has 238 valence electrons. The van der Waals surface area contributed by atoms with Gasteiger partial charge in [-0.15, -0.1) is 0 Å². The fraction of sp³-hybridized carbons (Fsp3) is 0.486. The van der Waals surface area contributed by atoms with Gasteiger partial charge in [-0.3, -0.25) is 4.90 Å².